The summed E-state index contributed by atoms with van der Waals surface area (Å²) in [5, 5.41) is 7.96. The maximum atomic E-state index is 5.75. The maximum absolute atomic E-state index is 5.75. The second kappa shape index (κ2) is 4.82. The molecular formula is C14H11BrN2O. The van der Waals surface area contributed by atoms with Crippen LogP contribution in [0.25, 0.3) is 10.9 Å². The molecule has 1 N–H and O–H groups in total. The number of halogens is 1. The molecule has 0 saturated heterocycles. The average molecular weight is 303 g/mol. The van der Waals surface area contributed by atoms with Crippen molar-refractivity contribution in [1.29, 1.82) is 0 Å². The van der Waals surface area contributed by atoms with Crippen LogP contribution in [0.1, 0.15) is 5.56 Å². The molecule has 0 radical (unpaired) electrons. The quantitative estimate of drug-likeness (QED) is 0.796. The van der Waals surface area contributed by atoms with Crippen LogP contribution in [-0.4, -0.2) is 10.2 Å². The molecule has 0 atom stereocenters. The summed E-state index contributed by atoms with van der Waals surface area (Å²) >= 11 is 3.41. The van der Waals surface area contributed by atoms with Crippen molar-refractivity contribution >= 4 is 26.8 Å². The van der Waals surface area contributed by atoms with Gasteiger partial charge in [-0.3, -0.25) is 5.10 Å². The van der Waals surface area contributed by atoms with E-state index in [0.29, 0.717) is 6.61 Å². The largest absolute Gasteiger partial charge is 0.489 e. The lowest BCUT2D eigenvalue weighted by Crippen LogP contribution is -1.94. The minimum absolute atomic E-state index is 0.566. The van der Waals surface area contributed by atoms with Crippen molar-refractivity contribution in [2.75, 3.05) is 0 Å². The Hall–Kier alpha value is -1.81. The number of hydrogen-bond acceptors (Lipinski definition) is 2. The van der Waals surface area contributed by atoms with Crippen LogP contribution in [-0.2, 0) is 6.61 Å². The molecule has 1 heterocycles. The van der Waals surface area contributed by atoms with Gasteiger partial charge in [-0.2, -0.15) is 5.10 Å². The van der Waals surface area contributed by atoms with Gasteiger partial charge < -0.3 is 4.74 Å². The molecule has 0 fully saturated rings. The Kier molecular flexibility index (Phi) is 3.02. The van der Waals surface area contributed by atoms with E-state index in [-0.39, 0.29) is 0 Å². The van der Waals surface area contributed by atoms with Gasteiger partial charge in [0, 0.05) is 9.86 Å². The predicted octanol–water partition coefficient (Wildman–Crippen LogP) is 3.90. The number of nitrogens with zero attached hydrogens (tertiary/aromatic N) is 1. The summed E-state index contributed by atoms with van der Waals surface area (Å²) in [7, 11) is 0. The summed E-state index contributed by atoms with van der Waals surface area (Å²) in [5.41, 5.74) is 2.16. The minimum Gasteiger partial charge on any atom is -0.489 e. The van der Waals surface area contributed by atoms with Crippen LogP contribution < -0.4 is 4.74 Å². The summed E-state index contributed by atoms with van der Waals surface area (Å²) in [5.74, 6) is 0.854. The van der Waals surface area contributed by atoms with Gasteiger partial charge in [-0.25, -0.2) is 0 Å². The highest BCUT2D eigenvalue weighted by atomic mass is 79.9. The molecule has 3 nitrogen and oxygen atoms in total. The maximum Gasteiger partial charge on any atom is 0.120 e. The third-order valence-corrected chi connectivity index (χ3v) is 3.26. The number of aromatic amines is 1. The fourth-order valence-corrected chi connectivity index (χ4v) is 2.02. The molecule has 0 spiro atoms. The van der Waals surface area contributed by atoms with Crippen LogP contribution >= 0.6 is 15.9 Å². The Bertz CT molecular complexity index is 661. The smallest absolute Gasteiger partial charge is 0.120 e. The molecule has 0 aliphatic heterocycles. The molecule has 2 aromatic carbocycles. The molecule has 0 bridgehead atoms. The number of hydrogen-bond donors (Lipinski definition) is 1. The molecule has 90 valence electrons. The van der Waals surface area contributed by atoms with E-state index in [1.807, 2.05) is 42.5 Å². The third kappa shape index (κ3) is 2.38. The topological polar surface area (TPSA) is 37.9 Å². The van der Waals surface area contributed by atoms with Crippen molar-refractivity contribution in [3.05, 3.63) is 58.7 Å². The second-order valence-electron chi connectivity index (χ2n) is 4.03. The van der Waals surface area contributed by atoms with Crippen molar-refractivity contribution in [3.8, 4) is 5.75 Å². The first kappa shape index (κ1) is 11.3. The Morgan fingerprint density at radius 2 is 1.94 bits per heavy atom. The van der Waals surface area contributed by atoms with Crippen molar-refractivity contribution in [3.63, 3.8) is 0 Å². The minimum atomic E-state index is 0.566. The van der Waals surface area contributed by atoms with Gasteiger partial charge in [0.2, 0.25) is 0 Å². The first-order valence-corrected chi connectivity index (χ1v) is 6.41. The lowest BCUT2D eigenvalue weighted by atomic mass is 10.2. The lowest BCUT2D eigenvalue weighted by molar-refractivity contribution is 0.306. The highest BCUT2D eigenvalue weighted by Crippen LogP contribution is 2.20. The summed E-state index contributed by atoms with van der Waals surface area (Å²) < 4.78 is 6.83. The molecule has 4 heteroatoms. The fourth-order valence-electron chi connectivity index (χ4n) is 1.76. The van der Waals surface area contributed by atoms with Gasteiger partial charge in [0.15, 0.2) is 0 Å². The normalized spacial score (nSPS) is 10.7. The van der Waals surface area contributed by atoms with Crippen LogP contribution in [0.5, 0.6) is 5.75 Å². The van der Waals surface area contributed by atoms with Gasteiger partial charge in [-0.15, -0.1) is 0 Å². The number of aromatic nitrogens is 2. The van der Waals surface area contributed by atoms with Crippen molar-refractivity contribution in [2.24, 2.45) is 0 Å². The molecule has 0 aliphatic carbocycles. The summed E-state index contributed by atoms with van der Waals surface area (Å²) in [6.07, 6.45) is 1.79. The van der Waals surface area contributed by atoms with Gasteiger partial charge in [0.1, 0.15) is 12.4 Å². The zero-order valence-electron chi connectivity index (χ0n) is 9.56. The van der Waals surface area contributed by atoms with E-state index in [1.165, 1.54) is 0 Å². The first-order valence-electron chi connectivity index (χ1n) is 5.62. The molecule has 18 heavy (non-hydrogen) atoms. The number of fused-ring (bicyclic) bond motifs is 1. The van der Waals surface area contributed by atoms with Gasteiger partial charge in [-0.1, -0.05) is 28.1 Å². The number of nitrogens with one attached hydrogen (secondary N) is 1. The highest BCUT2D eigenvalue weighted by molar-refractivity contribution is 9.10. The number of H-pyrrole nitrogens is 1. The average Bonchev–Trinajstić information content (AvgIpc) is 2.85. The Labute approximate surface area is 113 Å². The van der Waals surface area contributed by atoms with Gasteiger partial charge >= 0.3 is 0 Å². The Morgan fingerprint density at radius 1 is 1.11 bits per heavy atom. The standard InChI is InChI=1S/C14H11BrN2O/c15-12-3-1-10(2-4-12)9-18-13-5-6-14-11(7-13)8-16-17-14/h1-8H,9H2,(H,16,17). The SMILES string of the molecule is Brc1ccc(COc2ccc3[nH]ncc3c2)cc1. The molecule has 0 aliphatic rings. The predicted molar refractivity (Wildman–Crippen MR) is 74.6 cm³/mol. The van der Waals surface area contributed by atoms with Crippen LogP contribution in [0.4, 0.5) is 0 Å². The molecule has 3 aromatic rings. The van der Waals surface area contributed by atoms with Crippen molar-refractivity contribution in [2.45, 2.75) is 6.61 Å². The van der Waals surface area contributed by atoms with Gasteiger partial charge in [0.25, 0.3) is 0 Å². The molecule has 1 aromatic heterocycles. The van der Waals surface area contributed by atoms with E-state index < -0.39 is 0 Å². The van der Waals surface area contributed by atoms with Crippen molar-refractivity contribution < 1.29 is 4.74 Å². The van der Waals surface area contributed by atoms with E-state index in [2.05, 4.69) is 26.1 Å². The van der Waals surface area contributed by atoms with E-state index in [9.17, 15) is 0 Å². The van der Waals surface area contributed by atoms with Crippen LogP contribution in [0.3, 0.4) is 0 Å². The number of rotatable bonds is 3. The van der Waals surface area contributed by atoms with Gasteiger partial charge in [-0.05, 0) is 35.9 Å². The van der Waals surface area contributed by atoms with E-state index in [1.54, 1.807) is 6.20 Å². The van der Waals surface area contributed by atoms with E-state index in [0.717, 1.165) is 26.7 Å². The van der Waals surface area contributed by atoms with Crippen LogP contribution in [0, 0.1) is 0 Å². The number of benzene rings is 2. The van der Waals surface area contributed by atoms with Crippen molar-refractivity contribution in [1.82, 2.24) is 10.2 Å². The highest BCUT2D eigenvalue weighted by Gasteiger charge is 1.99. The van der Waals surface area contributed by atoms with E-state index in [4.69, 9.17) is 4.74 Å². The van der Waals surface area contributed by atoms with Gasteiger partial charge in [0.05, 0.1) is 11.7 Å². The summed E-state index contributed by atoms with van der Waals surface area (Å²) in [4.78, 5) is 0. The lowest BCUT2D eigenvalue weighted by Gasteiger charge is -2.06. The number of ether oxygens (including phenoxy) is 1. The Morgan fingerprint density at radius 3 is 2.78 bits per heavy atom. The molecule has 0 unspecified atom stereocenters. The zero-order chi connectivity index (χ0) is 12.4. The monoisotopic (exact) mass is 302 g/mol. The molecule has 0 amide bonds. The molecule has 0 saturated carbocycles. The fraction of sp³-hybridized carbons (Fsp3) is 0.0714. The first-order chi connectivity index (χ1) is 8.81. The Balaban J connectivity index is 1.74. The summed E-state index contributed by atoms with van der Waals surface area (Å²) in [6.45, 7) is 0.566. The zero-order valence-corrected chi connectivity index (χ0v) is 11.1. The third-order valence-electron chi connectivity index (χ3n) is 2.73. The molecule has 3 rings (SSSR count). The summed E-state index contributed by atoms with van der Waals surface area (Å²) in [6, 6.07) is 14.0. The second-order valence-corrected chi connectivity index (χ2v) is 4.95. The van der Waals surface area contributed by atoms with Crippen LogP contribution in [0.2, 0.25) is 0 Å². The molecular weight excluding hydrogens is 292 g/mol. The van der Waals surface area contributed by atoms with E-state index >= 15 is 0 Å². The van der Waals surface area contributed by atoms with Crippen LogP contribution in [0.15, 0.2) is 53.1 Å².